The molecule has 0 aromatic heterocycles. The van der Waals surface area contributed by atoms with Crippen molar-refractivity contribution in [3.63, 3.8) is 0 Å². The Bertz CT molecular complexity index is 432. The van der Waals surface area contributed by atoms with Crippen LogP contribution in [0.2, 0.25) is 0 Å². The average molecular weight is 279 g/mol. The molecular weight excluding hydrogens is 254 g/mol. The van der Waals surface area contributed by atoms with Crippen molar-refractivity contribution < 1.29 is 14.2 Å². The fourth-order valence-corrected chi connectivity index (χ4v) is 2.43. The Kier molecular flexibility index (Phi) is 5.40. The molecule has 112 valence electrons. The molecule has 4 heteroatoms. The van der Waals surface area contributed by atoms with Gasteiger partial charge in [0.05, 0.1) is 19.8 Å². The standard InChI is InChI=1S/C16H25NO3/c1-16(2)11-13-5-4-6-14(15(13)20-16)12-17-7-8-19-10-9-18-3/h4-6,17H,7-12H2,1-3H3. The van der Waals surface area contributed by atoms with Crippen molar-refractivity contribution >= 4 is 0 Å². The molecule has 1 heterocycles. The zero-order chi connectivity index (χ0) is 14.4. The van der Waals surface area contributed by atoms with Crippen LogP contribution in [0, 0.1) is 0 Å². The Labute approximate surface area is 121 Å². The van der Waals surface area contributed by atoms with Crippen LogP contribution < -0.4 is 10.1 Å². The summed E-state index contributed by atoms with van der Waals surface area (Å²) in [5, 5.41) is 3.39. The molecule has 0 radical (unpaired) electrons. The predicted molar refractivity (Wildman–Crippen MR) is 79.3 cm³/mol. The average Bonchev–Trinajstić information content (AvgIpc) is 2.72. The summed E-state index contributed by atoms with van der Waals surface area (Å²) >= 11 is 0. The zero-order valence-corrected chi connectivity index (χ0v) is 12.7. The van der Waals surface area contributed by atoms with E-state index in [1.165, 1.54) is 11.1 Å². The van der Waals surface area contributed by atoms with Gasteiger partial charge in [-0.3, -0.25) is 0 Å². The molecule has 1 aliphatic heterocycles. The highest BCUT2D eigenvalue weighted by Crippen LogP contribution is 2.37. The van der Waals surface area contributed by atoms with Crippen molar-refractivity contribution in [2.24, 2.45) is 0 Å². The molecule has 0 unspecified atom stereocenters. The predicted octanol–water partition coefficient (Wildman–Crippen LogP) is 2.15. The minimum absolute atomic E-state index is 0.0816. The molecular formula is C16H25NO3. The van der Waals surface area contributed by atoms with E-state index >= 15 is 0 Å². The van der Waals surface area contributed by atoms with Crippen LogP contribution in [0.25, 0.3) is 0 Å². The van der Waals surface area contributed by atoms with Crippen LogP contribution in [0.1, 0.15) is 25.0 Å². The van der Waals surface area contributed by atoms with Gasteiger partial charge >= 0.3 is 0 Å². The summed E-state index contributed by atoms with van der Waals surface area (Å²) in [6, 6.07) is 6.39. The maximum Gasteiger partial charge on any atom is 0.127 e. The molecule has 0 saturated heterocycles. The number of para-hydroxylation sites is 1. The molecule has 1 N–H and O–H groups in total. The number of methoxy groups -OCH3 is 1. The van der Waals surface area contributed by atoms with Crippen LogP contribution in [0.3, 0.4) is 0 Å². The van der Waals surface area contributed by atoms with E-state index in [4.69, 9.17) is 14.2 Å². The molecule has 0 spiro atoms. The van der Waals surface area contributed by atoms with Crippen molar-refractivity contribution in [3.05, 3.63) is 29.3 Å². The van der Waals surface area contributed by atoms with Crippen LogP contribution in [0.4, 0.5) is 0 Å². The highest BCUT2D eigenvalue weighted by molar-refractivity contribution is 5.45. The van der Waals surface area contributed by atoms with Crippen molar-refractivity contribution in [2.75, 3.05) is 33.5 Å². The Balaban J connectivity index is 1.76. The summed E-state index contributed by atoms with van der Waals surface area (Å²) < 4.78 is 16.4. The lowest BCUT2D eigenvalue weighted by Crippen LogP contribution is -2.25. The maximum absolute atomic E-state index is 6.05. The van der Waals surface area contributed by atoms with E-state index in [1.54, 1.807) is 7.11 Å². The topological polar surface area (TPSA) is 39.7 Å². The Morgan fingerprint density at radius 1 is 1.25 bits per heavy atom. The van der Waals surface area contributed by atoms with Gasteiger partial charge in [0.2, 0.25) is 0 Å². The first-order valence-corrected chi connectivity index (χ1v) is 7.19. The number of fused-ring (bicyclic) bond motifs is 1. The van der Waals surface area contributed by atoms with Gasteiger partial charge in [0.15, 0.2) is 0 Å². The van der Waals surface area contributed by atoms with Gasteiger partial charge in [0.25, 0.3) is 0 Å². The third-order valence-electron chi connectivity index (χ3n) is 3.34. The monoisotopic (exact) mass is 279 g/mol. The number of rotatable bonds is 8. The lowest BCUT2D eigenvalue weighted by atomic mass is 10.0. The van der Waals surface area contributed by atoms with Crippen molar-refractivity contribution in [1.29, 1.82) is 0 Å². The molecule has 1 aromatic carbocycles. The minimum Gasteiger partial charge on any atom is -0.487 e. The van der Waals surface area contributed by atoms with Crippen molar-refractivity contribution in [1.82, 2.24) is 5.32 Å². The fraction of sp³-hybridized carbons (Fsp3) is 0.625. The van der Waals surface area contributed by atoms with E-state index < -0.39 is 0 Å². The van der Waals surface area contributed by atoms with Gasteiger partial charge in [-0.25, -0.2) is 0 Å². The summed E-state index contributed by atoms with van der Waals surface area (Å²) in [5.41, 5.74) is 2.46. The molecule has 1 aromatic rings. The van der Waals surface area contributed by atoms with Gasteiger partial charge in [-0.05, 0) is 19.4 Å². The third-order valence-corrected chi connectivity index (χ3v) is 3.34. The first-order chi connectivity index (χ1) is 9.62. The molecule has 1 aliphatic rings. The largest absolute Gasteiger partial charge is 0.487 e. The van der Waals surface area contributed by atoms with Gasteiger partial charge in [-0.1, -0.05) is 18.2 Å². The van der Waals surface area contributed by atoms with E-state index in [1.807, 2.05) is 0 Å². The Hall–Kier alpha value is -1.10. The summed E-state index contributed by atoms with van der Waals surface area (Å²) in [7, 11) is 1.68. The summed E-state index contributed by atoms with van der Waals surface area (Å²) in [6.07, 6.45) is 0.982. The molecule has 4 nitrogen and oxygen atoms in total. The van der Waals surface area contributed by atoms with Gasteiger partial charge in [0, 0.05) is 32.2 Å². The van der Waals surface area contributed by atoms with E-state index in [0.29, 0.717) is 19.8 Å². The highest BCUT2D eigenvalue weighted by atomic mass is 16.5. The summed E-state index contributed by atoms with van der Waals surface area (Å²) in [4.78, 5) is 0. The van der Waals surface area contributed by atoms with Gasteiger partial charge in [0.1, 0.15) is 11.4 Å². The van der Waals surface area contributed by atoms with Crippen LogP contribution in [0.5, 0.6) is 5.75 Å². The SMILES string of the molecule is COCCOCCNCc1cccc2c1OC(C)(C)C2. The molecule has 0 atom stereocenters. The quantitative estimate of drug-likeness (QED) is 0.740. The second kappa shape index (κ2) is 7.07. The van der Waals surface area contributed by atoms with Crippen LogP contribution in [0.15, 0.2) is 18.2 Å². The second-order valence-corrected chi connectivity index (χ2v) is 5.73. The highest BCUT2D eigenvalue weighted by Gasteiger charge is 2.31. The number of nitrogens with one attached hydrogen (secondary N) is 1. The lowest BCUT2D eigenvalue weighted by Gasteiger charge is -2.18. The molecule has 0 amide bonds. The van der Waals surface area contributed by atoms with Crippen LogP contribution in [-0.4, -0.2) is 39.1 Å². The van der Waals surface area contributed by atoms with E-state index in [2.05, 4.69) is 37.4 Å². The van der Waals surface area contributed by atoms with Crippen molar-refractivity contribution in [3.8, 4) is 5.75 Å². The summed E-state index contributed by atoms with van der Waals surface area (Å²) in [6.45, 7) is 7.90. The smallest absolute Gasteiger partial charge is 0.127 e. The molecule has 0 aliphatic carbocycles. The van der Waals surface area contributed by atoms with Crippen molar-refractivity contribution in [2.45, 2.75) is 32.4 Å². The zero-order valence-electron chi connectivity index (χ0n) is 12.7. The normalized spacial score (nSPS) is 15.9. The first-order valence-electron chi connectivity index (χ1n) is 7.19. The Morgan fingerprint density at radius 3 is 2.90 bits per heavy atom. The Morgan fingerprint density at radius 2 is 2.10 bits per heavy atom. The lowest BCUT2D eigenvalue weighted by molar-refractivity contribution is 0.0718. The second-order valence-electron chi connectivity index (χ2n) is 5.73. The molecule has 0 fully saturated rings. The van der Waals surface area contributed by atoms with E-state index in [0.717, 1.165) is 25.3 Å². The van der Waals surface area contributed by atoms with E-state index in [-0.39, 0.29) is 5.60 Å². The molecule has 0 saturated carbocycles. The molecule has 0 bridgehead atoms. The number of hydrogen-bond donors (Lipinski definition) is 1. The molecule has 20 heavy (non-hydrogen) atoms. The summed E-state index contributed by atoms with van der Waals surface area (Å²) in [5.74, 6) is 1.06. The number of ether oxygens (including phenoxy) is 3. The van der Waals surface area contributed by atoms with Crippen LogP contribution in [-0.2, 0) is 22.4 Å². The van der Waals surface area contributed by atoms with Gasteiger partial charge < -0.3 is 19.5 Å². The first kappa shape index (κ1) is 15.3. The maximum atomic E-state index is 6.05. The van der Waals surface area contributed by atoms with E-state index in [9.17, 15) is 0 Å². The number of hydrogen-bond acceptors (Lipinski definition) is 4. The van der Waals surface area contributed by atoms with Crippen LogP contribution >= 0.6 is 0 Å². The minimum atomic E-state index is -0.0816. The van der Waals surface area contributed by atoms with Gasteiger partial charge in [-0.2, -0.15) is 0 Å². The fourth-order valence-electron chi connectivity index (χ4n) is 2.43. The third kappa shape index (κ3) is 4.20. The molecule has 2 rings (SSSR count). The van der Waals surface area contributed by atoms with Gasteiger partial charge in [-0.15, -0.1) is 0 Å². The number of benzene rings is 1.